The second kappa shape index (κ2) is 7.16. The third kappa shape index (κ3) is 2.74. The van der Waals surface area contributed by atoms with Gasteiger partial charge in [0, 0.05) is 30.5 Å². The Balaban J connectivity index is 2.34. The van der Waals surface area contributed by atoms with Crippen LogP contribution in [0, 0.1) is 45.3 Å². The standard InChI is InChI=1S/C21H21N5O/c1-3-27-18-7-5-4-6-15(18)19-17-11-26(2)9-8-14(17)16(10-22)20(25)21(19,12-23)13-24/h4-8,17,19H,3,9,11,25H2,1-2H3/t17-,19+/m1/s1. The molecule has 0 amide bonds. The van der Waals surface area contributed by atoms with E-state index in [0.717, 1.165) is 11.1 Å². The second-order valence-electron chi connectivity index (χ2n) is 6.87. The lowest BCUT2D eigenvalue weighted by Crippen LogP contribution is -2.47. The number of nitrogens with two attached hydrogens (primary N) is 1. The molecule has 1 aromatic rings. The predicted molar refractivity (Wildman–Crippen MR) is 99.9 cm³/mol. The molecule has 2 atom stereocenters. The number of nitrogens with zero attached hydrogens (tertiary/aromatic N) is 4. The van der Waals surface area contributed by atoms with Crippen molar-refractivity contribution >= 4 is 0 Å². The molecule has 3 rings (SSSR count). The van der Waals surface area contributed by atoms with Gasteiger partial charge in [-0.05, 0) is 25.6 Å². The van der Waals surface area contributed by atoms with Crippen molar-refractivity contribution < 1.29 is 4.74 Å². The van der Waals surface area contributed by atoms with Crippen molar-refractivity contribution in [3.63, 3.8) is 0 Å². The Bertz CT molecular complexity index is 927. The third-order valence-electron chi connectivity index (χ3n) is 5.40. The molecular weight excluding hydrogens is 338 g/mol. The van der Waals surface area contributed by atoms with Crippen molar-refractivity contribution in [3.05, 3.63) is 52.7 Å². The molecule has 1 aliphatic carbocycles. The minimum Gasteiger partial charge on any atom is -0.494 e. The van der Waals surface area contributed by atoms with Crippen LogP contribution in [0.1, 0.15) is 18.4 Å². The molecule has 0 radical (unpaired) electrons. The summed E-state index contributed by atoms with van der Waals surface area (Å²) in [5, 5.41) is 29.8. The molecule has 1 aliphatic heterocycles. The van der Waals surface area contributed by atoms with Crippen LogP contribution < -0.4 is 10.5 Å². The maximum absolute atomic E-state index is 10.1. The first kappa shape index (κ1) is 18.5. The van der Waals surface area contributed by atoms with Crippen LogP contribution in [0.4, 0.5) is 0 Å². The summed E-state index contributed by atoms with van der Waals surface area (Å²) in [6.07, 6.45) is 1.98. The molecule has 0 saturated heterocycles. The van der Waals surface area contributed by atoms with Gasteiger partial charge in [0.1, 0.15) is 11.8 Å². The summed E-state index contributed by atoms with van der Waals surface area (Å²) in [6.45, 7) is 3.68. The highest BCUT2D eigenvalue weighted by Crippen LogP contribution is 2.55. The van der Waals surface area contributed by atoms with Crippen molar-refractivity contribution in [2.45, 2.75) is 12.8 Å². The highest BCUT2D eigenvalue weighted by atomic mass is 16.5. The maximum atomic E-state index is 10.1. The Kier molecular flexibility index (Phi) is 4.91. The maximum Gasteiger partial charge on any atom is 0.191 e. The van der Waals surface area contributed by atoms with E-state index in [0.29, 0.717) is 25.4 Å². The first-order chi connectivity index (χ1) is 13.0. The fraction of sp³-hybridized carbons (Fsp3) is 0.381. The van der Waals surface area contributed by atoms with Crippen molar-refractivity contribution in [2.75, 3.05) is 26.7 Å². The number of likely N-dealkylation sites (N-methyl/N-ethyl adjacent to an activating group) is 1. The lowest BCUT2D eigenvalue weighted by Gasteiger charge is -2.45. The van der Waals surface area contributed by atoms with Crippen LogP contribution in [-0.2, 0) is 0 Å². The van der Waals surface area contributed by atoms with Crippen LogP contribution in [0.3, 0.4) is 0 Å². The molecule has 6 heteroatoms. The van der Waals surface area contributed by atoms with Crippen molar-refractivity contribution in [2.24, 2.45) is 17.1 Å². The lowest BCUT2D eigenvalue weighted by atomic mass is 9.58. The van der Waals surface area contributed by atoms with Crippen LogP contribution >= 0.6 is 0 Å². The first-order valence-electron chi connectivity index (χ1n) is 8.87. The van der Waals surface area contributed by atoms with Gasteiger partial charge in [-0.1, -0.05) is 24.3 Å². The van der Waals surface area contributed by atoms with E-state index in [1.807, 2.05) is 44.3 Å². The van der Waals surface area contributed by atoms with E-state index in [2.05, 4.69) is 23.1 Å². The van der Waals surface area contributed by atoms with Crippen LogP contribution in [0.25, 0.3) is 0 Å². The van der Waals surface area contributed by atoms with Gasteiger partial charge in [0.2, 0.25) is 0 Å². The quantitative estimate of drug-likeness (QED) is 0.887. The number of hydrogen-bond donors (Lipinski definition) is 1. The first-order valence-corrected chi connectivity index (χ1v) is 8.87. The Morgan fingerprint density at radius 3 is 2.59 bits per heavy atom. The van der Waals surface area contributed by atoms with E-state index in [9.17, 15) is 15.8 Å². The largest absolute Gasteiger partial charge is 0.494 e. The average Bonchev–Trinajstić information content (AvgIpc) is 2.68. The summed E-state index contributed by atoms with van der Waals surface area (Å²) in [6, 6.07) is 13.9. The summed E-state index contributed by atoms with van der Waals surface area (Å²) < 4.78 is 5.79. The molecule has 2 N–H and O–H groups in total. The lowest BCUT2D eigenvalue weighted by molar-refractivity contribution is 0.232. The van der Waals surface area contributed by atoms with Gasteiger partial charge in [-0.3, -0.25) is 0 Å². The molecule has 0 spiro atoms. The molecule has 6 nitrogen and oxygen atoms in total. The number of allylic oxidation sites excluding steroid dienone is 2. The highest BCUT2D eigenvalue weighted by molar-refractivity contribution is 5.60. The summed E-state index contributed by atoms with van der Waals surface area (Å²) in [5.41, 5.74) is 6.58. The van der Waals surface area contributed by atoms with E-state index in [4.69, 9.17) is 10.5 Å². The zero-order chi connectivity index (χ0) is 19.6. The summed E-state index contributed by atoms with van der Waals surface area (Å²) in [7, 11) is 1.98. The van der Waals surface area contributed by atoms with Crippen LogP contribution in [0.5, 0.6) is 5.75 Å². The van der Waals surface area contributed by atoms with Gasteiger partial charge in [-0.2, -0.15) is 15.8 Å². The molecule has 0 fully saturated rings. The fourth-order valence-electron chi connectivity index (χ4n) is 4.19. The Morgan fingerprint density at radius 2 is 1.96 bits per heavy atom. The Labute approximate surface area is 159 Å². The summed E-state index contributed by atoms with van der Waals surface area (Å²) >= 11 is 0. The number of hydrogen-bond acceptors (Lipinski definition) is 6. The second-order valence-corrected chi connectivity index (χ2v) is 6.87. The van der Waals surface area contributed by atoms with Crippen molar-refractivity contribution in [1.82, 2.24) is 4.90 Å². The zero-order valence-electron chi connectivity index (χ0n) is 15.4. The number of benzene rings is 1. The molecule has 136 valence electrons. The van der Waals surface area contributed by atoms with E-state index >= 15 is 0 Å². The molecule has 0 unspecified atom stereocenters. The summed E-state index contributed by atoms with van der Waals surface area (Å²) in [4.78, 5) is 2.11. The number of rotatable bonds is 3. The molecule has 2 aliphatic rings. The summed E-state index contributed by atoms with van der Waals surface area (Å²) in [5.74, 6) is -0.0892. The number of nitriles is 3. The van der Waals surface area contributed by atoms with Crippen LogP contribution in [-0.4, -0.2) is 31.6 Å². The van der Waals surface area contributed by atoms with Gasteiger partial charge in [0.15, 0.2) is 5.41 Å². The van der Waals surface area contributed by atoms with Gasteiger partial charge in [-0.25, -0.2) is 0 Å². The third-order valence-corrected chi connectivity index (χ3v) is 5.40. The van der Waals surface area contributed by atoms with E-state index < -0.39 is 11.3 Å². The monoisotopic (exact) mass is 359 g/mol. The normalized spacial score (nSPS) is 24.0. The zero-order valence-corrected chi connectivity index (χ0v) is 15.4. The van der Waals surface area contributed by atoms with Gasteiger partial charge in [-0.15, -0.1) is 0 Å². The number of para-hydroxylation sites is 1. The average molecular weight is 359 g/mol. The van der Waals surface area contributed by atoms with Crippen LogP contribution in [0.15, 0.2) is 47.2 Å². The predicted octanol–water partition coefficient (Wildman–Crippen LogP) is 2.44. The van der Waals surface area contributed by atoms with E-state index in [1.165, 1.54) is 0 Å². The minimum absolute atomic E-state index is 0.0401. The molecule has 1 heterocycles. The molecule has 1 aromatic carbocycles. The van der Waals surface area contributed by atoms with Gasteiger partial charge in [0.05, 0.1) is 30.0 Å². The van der Waals surface area contributed by atoms with Crippen molar-refractivity contribution in [1.29, 1.82) is 15.8 Å². The van der Waals surface area contributed by atoms with E-state index in [-0.39, 0.29) is 17.2 Å². The van der Waals surface area contributed by atoms with Crippen LogP contribution in [0.2, 0.25) is 0 Å². The number of fused-ring (bicyclic) bond motifs is 1. The van der Waals surface area contributed by atoms with Gasteiger partial charge >= 0.3 is 0 Å². The minimum atomic E-state index is -1.63. The molecular formula is C21H21N5O. The number of ether oxygens (including phenoxy) is 1. The van der Waals surface area contributed by atoms with Gasteiger partial charge in [0.25, 0.3) is 0 Å². The molecule has 0 saturated carbocycles. The highest BCUT2D eigenvalue weighted by Gasteiger charge is 2.55. The van der Waals surface area contributed by atoms with E-state index in [1.54, 1.807) is 0 Å². The fourth-order valence-corrected chi connectivity index (χ4v) is 4.19. The SMILES string of the molecule is CCOc1ccccc1[C@H]1[C@@H]2CN(C)CC=C2C(C#N)=C(N)C1(C#N)C#N. The smallest absolute Gasteiger partial charge is 0.191 e. The molecule has 0 bridgehead atoms. The Morgan fingerprint density at radius 1 is 1.26 bits per heavy atom. The van der Waals surface area contributed by atoms with Gasteiger partial charge < -0.3 is 15.4 Å². The topological polar surface area (TPSA) is 110 Å². The van der Waals surface area contributed by atoms with Crippen molar-refractivity contribution in [3.8, 4) is 24.0 Å². The Hall–Kier alpha value is -3.27. The molecule has 0 aromatic heterocycles. The molecule has 27 heavy (non-hydrogen) atoms.